The number of carbonyl (C=O) groups is 1. The second kappa shape index (κ2) is 10.1. The lowest BCUT2D eigenvalue weighted by molar-refractivity contribution is -0.0946. The predicted molar refractivity (Wildman–Crippen MR) is 118 cm³/mol. The fraction of sp³-hybridized carbons (Fsp3) is 0.636. The van der Waals surface area contributed by atoms with Crippen molar-refractivity contribution in [1.82, 2.24) is 20.4 Å². The van der Waals surface area contributed by atoms with Gasteiger partial charge in [-0.1, -0.05) is 12.1 Å². The van der Waals surface area contributed by atoms with Gasteiger partial charge in [0, 0.05) is 58.4 Å². The lowest BCUT2D eigenvalue weighted by Gasteiger charge is -2.45. The molecule has 0 radical (unpaired) electrons. The normalized spacial score (nSPS) is 21.0. The van der Waals surface area contributed by atoms with Crippen molar-refractivity contribution in [1.29, 1.82) is 0 Å². The van der Waals surface area contributed by atoms with E-state index in [2.05, 4.69) is 48.2 Å². The number of aliphatic imine (C=N–C) groups is 1. The second-order valence-corrected chi connectivity index (χ2v) is 8.65. The Labute approximate surface area is 175 Å². The molecule has 29 heavy (non-hydrogen) atoms. The Morgan fingerprint density at radius 3 is 2.28 bits per heavy atom. The number of guanidine groups is 1. The van der Waals surface area contributed by atoms with Gasteiger partial charge in [-0.2, -0.15) is 0 Å². The third-order valence-electron chi connectivity index (χ3n) is 5.25. The Morgan fingerprint density at radius 2 is 1.76 bits per heavy atom. The third kappa shape index (κ3) is 6.72. The van der Waals surface area contributed by atoms with Crippen molar-refractivity contribution in [3.63, 3.8) is 0 Å². The standard InChI is InChI=1S/C22H37N5O2/c1-16-13-27(14-17(2)29-16)22(3,4)15-25-21(23-5)24-12-18-8-10-19(11-9-18)20(28)26(6)7/h8-11,16-17H,12-15H2,1-7H3,(H2,23,24,25). The largest absolute Gasteiger partial charge is 0.373 e. The highest BCUT2D eigenvalue weighted by molar-refractivity contribution is 5.93. The monoisotopic (exact) mass is 403 g/mol. The molecule has 0 spiro atoms. The maximum atomic E-state index is 12.0. The Balaban J connectivity index is 1.86. The summed E-state index contributed by atoms with van der Waals surface area (Å²) < 4.78 is 5.86. The number of hydrogen-bond acceptors (Lipinski definition) is 4. The molecule has 162 valence electrons. The molecule has 1 fully saturated rings. The highest BCUT2D eigenvalue weighted by Crippen LogP contribution is 2.20. The number of benzene rings is 1. The minimum Gasteiger partial charge on any atom is -0.373 e. The molecule has 1 heterocycles. The van der Waals surface area contributed by atoms with E-state index in [-0.39, 0.29) is 23.7 Å². The van der Waals surface area contributed by atoms with Gasteiger partial charge in [0.1, 0.15) is 0 Å². The van der Waals surface area contributed by atoms with E-state index in [9.17, 15) is 4.79 Å². The fourth-order valence-corrected chi connectivity index (χ4v) is 3.51. The smallest absolute Gasteiger partial charge is 0.253 e. The van der Waals surface area contributed by atoms with Crippen LogP contribution >= 0.6 is 0 Å². The molecule has 0 bridgehead atoms. The van der Waals surface area contributed by atoms with Crippen LogP contribution in [-0.2, 0) is 11.3 Å². The molecule has 2 rings (SSSR count). The molecule has 1 saturated heterocycles. The minimum atomic E-state index is -0.0158. The van der Waals surface area contributed by atoms with Crippen LogP contribution in [0.4, 0.5) is 0 Å². The van der Waals surface area contributed by atoms with Crippen LogP contribution in [0.1, 0.15) is 43.6 Å². The summed E-state index contributed by atoms with van der Waals surface area (Å²) in [6.07, 6.45) is 0.496. The first kappa shape index (κ1) is 23.2. The van der Waals surface area contributed by atoms with Gasteiger partial charge in [-0.15, -0.1) is 0 Å². The minimum absolute atomic E-state index is 0.0102. The Bertz CT molecular complexity index is 690. The molecular weight excluding hydrogens is 366 g/mol. The van der Waals surface area contributed by atoms with Gasteiger partial charge in [0.05, 0.1) is 12.2 Å². The van der Waals surface area contributed by atoms with Gasteiger partial charge in [0.2, 0.25) is 0 Å². The van der Waals surface area contributed by atoms with Crippen LogP contribution in [0.5, 0.6) is 0 Å². The summed E-state index contributed by atoms with van der Waals surface area (Å²) in [5.41, 5.74) is 1.77. The highest BCUT2D eigenvalue weighted by atomic mass is 16.5. The van der Waals surface area contributed by atoms with Crippen LogP contribution in [0.3, 0.4) is 0 Å². The Hall–Kier alpha value is -2.12. The SMILES string of the molecule is CN=C(NCc1ccc(C(=O)N(C)C)cc1)NCC(C)(C)N1CC(C)OC(C)C1. The van der Waals surface area contributed by atoms with Crippen LogP contribution in [-0.4, -0.2) is 80.2 Å². The van der Waals surface area contributed by atoms with Crippen molar-refractivity contribution in [2.75, 3.05) is 40.8 Å². The molecule has 0 aliphatic carbocycles. The van der Waals surface area contributed by atoms with E-state index in [0.29, 0.717) is 12.1 Å². The lowest BCUT2D eigenvalue weighted by atomic mass is 10.00. The van der Waals surface area contributed by atoms with E-state index in [1.807, 2.05) is 24.3 Å². The number of nitrogens with one attached hydrogen (secondary N) is 2. The van der Waals surface area contributed by atoms with Crippen molar-refractivity contribution in [3.8, 4) is 0 Å². The molecule has 2 atom stereocenters. The van der Waals surface area contributed by atoms with Crippen molar-refractivity contribution in [2.45, 2.75) is 52.0 Å². The number of morpholine rings is 1. The zero-order valence-electron chi connectivity index (χ0n) is 19.0. The summed E-state index contributed by atoms with van der Waals surface area (Å²) >= 11 is 0. The molecule has 7 heteroatoms. The molecule has 1 aromatic carbocycles. The van der Waals surface area contributed by atoms with Gasteiger partial charge in [-0.25, -0.2) is 0 Å². The van der Waals surface area contributed by atoms with E-state index in [1.54, 1.807) is 26.0 Å². The maximum absolute atomic E-state index is 12.0. The Kier molecular flexibility index (Phi) is 8.05. The van der Waals surface area contributed by atoms with Crippen LogP contribution < -0.4 is 10.6 Å². The Morgan fingerprint density at radius 1 is 1.17 bits per heavy atom. The van der Waals surface area contributed by atoms with Gasteiger partial charge in [0.25, 0.3) is 5.91 Å². The quantitative estimate of drug-likeness (QED) is 0.561. The average Bonchev–Trinajstić information content (AvgIpc) is 2.67. The van der Waals surface area contributed by atoms with E-state index >= 15 is 0 Å². The lowest BCUT2D eigenvalue weighted by Crippen LogP contribution is -2.59. The van der Waals surface area contributed by atoms with Crippen LogP contribution in [0, 0.1) is 0 Å². The van der Waals surface area contributed by atoms with E-state index < -0.39 is 0 Å². The molecule has 7 nitrogen and oxygen atoms in total. The second-order valence-electron chi connectivity index (χ2n) is 8.65. The van der Waals surface area contributed by atoms with E-state index in [4.69, 9.17) is 4.74 Å². The average molecular weight is 404 g/mol. The highest BCUT2D eigenvalue weighted by Gasteiger charge is 2.33. The predicted octanol–water partition coefficient (Wildman–Crippen LogP) is 1.94. The van der Waals surface area contributed by atoms with Crippen LogP contribution in [0.2, 0.25) is 0 Å². The third-order valence-corrected chi connectivity index (χ3v) is 5.25. The van der Waals surface area contributed by atoms with E-state index in [1.165, 1.54) is 0 Å². The molecule has 1 aromatic rings. The van der Waals surface area contributed by atoms with Gasteiger partial charge in [0.15, 0.2) is 5.96 Å². The first-order valence-corrected chi connectivity index (χ1v) is 10.3. The van der Waals surface area contributed by atoms with Gasteiger partial charge < -0.3 is 20.3 Å². The summed E-state index contributed by atoms with van der Waals surface area (Å²) in [5.74, 6) is 0.775. The van der Waals surface area contributed by atoms with Crippen LogP contribution in [0.15, 0.2) is 29.3 Å². The number of nitrogens with zero attached hydrogens (tertiary/aromatic N) is 3. The van der Waals surface area contributed by atoms with Crippen molar-refractivity contribution < 1.29 is 9.53 Å². The van der Waals surface area contributed by atoms with Crippen molar-refractivity contribution in [3.05, 3.63) is 35.4 Å². The van der Waals surface area contributed by atoms with Gasteiger partial charge in [-0.05, 0) is 45.4 Å². The summed E-state index contributed by atoms with van der Waals surface area (Å²) in [4.78, 5) is 20.4. The first-order chi connectivity index (χ1) is 13.6. The molecule has 0 saturated carbocycles. The molecule has 1 amide bonds. The number of amides is 1. The number of carbonyl (C=O) groups excluding carboxylic acids is 1. The summed E-state index contributed by atoms with van der Waals surface area (Å²) in [6.45, 7) is 12.0. The topological polar surface area (TPSA) is 69.2 Å². The zero-order valence-corrected chi connectivity index (χ0v) is 19.0. The molecule has 1 aliphatic heterocycles. The number of ether oxygens (including phenoxy) is 1. The molecule has 0 aromatic heterocycles. The van der Waals surface area contributed by atoms with Gasteiger partial charge in [-0.3, -0.25) is 14.7 Å². The van der Waals surface area contributed by atoms with Crippen molar-refractivity contribution >= 4 is 11.9 Å². The van der Waals surface area contributed by atoms with Crippen LogP contribution in [0.25, 0.3) is 0 Å². The van der Waals surface area contributed by atoms with E-state index in [0.717, 1.165) is 31.2 Å². The molecule has 2 unspecified atom stereocenters. The van der Waals surface area contributed by atoms with Gasteiger partial charge >= 0.3 is 0 Å². The summed E-state index contributed by atoms with van der Waals surface area (Å²) in [6, 6.07) is 7.66. The molecule has 1 aliphatic rings. The zero-order chi connectivity index (χ0) is 21.6. The fourth-order valence-electron chi connectivity index (χ4n) is 3.51. The van der Waals surface area contributed by atoms with Crippen molar-refractivity contribution in [2.24, 2.45) is 4.99 Å². The number of rotatable bonds is 6. The maximum Gasteiger partial charge on any atom is 0.253 e. The number of hydrogen-bond donors (Lipinski definition) is 2. The summed E-state index contributed by atoms with van der Waals surface area (Å²) in [7, 11) is 5.29. The summed E-state index contributed by atoms with van der Waals surface area (Å²) in [5, 5.41) is 6.80. The molecule has 2 N–H and O–H groups in total. The first-order valence-electron chi connectivity index (χ1n) is 10.3. The molecular formula is C22H37N5O2.